The van der Waals surface area contributed by atoms with Gasteiger partial charge in [-0.2, -0.15) is 18.3 Å². The summed E-state index contributed by atoms with van der Waals surface area (Å²) in [6, 6.07) is 8.32. The second-order valence-corrected chi connectivity index (χ2v) is 7.49. The third-order valence-electron chi connectivity index (χ3n) is 5.03. The summed E-state index contributed by atoms with van der Waals surface area (Å²) >= 11 is 6.10. The largest absolute Gasteiger partial charge is 0.434 e. The van der Waals surface area contributed by atoms with E-state index in [4.69, 9.17) is 21.0 Å². The van der Waals surface area contributed by atoms with Crippen molar-refractivity contribution in [1.29, 1.82) is 0 Å². The van der Waals surface area contributed by atoms with Crippen molar-refractivity contribution in [2.45, 2.75) is 6.18 Å². The molecule has 0 bridgehead atoms. The highest BCUT2D eigenvalue weighted by Gasteiger charge is 2.42. The normalized spacial score (nSPS) is 11.7. The lowest BCUT2D eigenvalue weighted by molar-refractivity contribution is -0.142. The van der Waals surface area contributed by atoms with E-state index in [-0.39, 0.29) is 10.6 Å². The third kappa shape index (κ3) is 4.26. The molecule has 35 heavy (non-hydrogen) atoms. The Balaban J connectivity index is 2.04. The van der Waals surface area contributed by atoms with Gasteiger partial charge in [0.05, 0.1) is 29.5 Å². The van der Waals surface area contributed by atoms with E-state index in [9.17, 15) is 26.7 Å². The number of carbonyl (C=O) groups is 1. The Labute approximate surface area is 199 Å². The van der Waals surface area contributed by atoms with Crippen molar-refractivity contribution >= 4 is 17.5 Å². The van der Waals surface area contributed by atoms with Gasteiger partial charge in [-0.25, -0.2) is 18.5 Å². The molecule has 4 aromatic rings. The van der Waals surface area contributed by atoms with E-state index in [1.54, 1.807) is 0 Å². The van der Waals surface area contributed by atoms with Crippen LogP contribution in [0.3, 0.4) is 0 Å². The fourth-order valence-electron chi connectivity index (χ4n) is 3.40. The fourth-order valence-corrected chi connectivity index (χ4v) is 3.65. The van der Waals surface area contributed by atoms with E-state index < -0.39 is 57.7 Å². The molecule has 0 spiro atoms. The lowest BCUT2D eigenvalue weighted by atomic mass is 10.0. The SMILES string of the molecule is CON(C)C(=O)c1c(-c2c(F)cccc2Cl)noc1-c1cnn(-c2ccccc2F)c1C(F)(F)F. The van der Waals surface area contributed by atoms with Crippen molar-refractivity contribution in [3.05, 3.63) is 76.6 Å². The number of alkyl halides is 3. The molecule has 0 aliphatic carbocycles. The molecule has 7 nitrogen and oxygen atoms in total. The second kappa shape index (κ2) is 9.12. The Morgan fingerprint density at radius 2 is 1.80 bits per heavy atom. The first-order valence-electron chi connectivity index (χ1n) is 9.73. The molecule has 0 fully saturated rings. The van der Waals surface area contributed by atoms with Crippen molar-refractivity contribution in [3.8, 4) is 28.3 Å². The van der Waals surface area contributed by atoms with Gasteiger partial charge in [-0.15, -0.1) is 0 Å². The number of carbonyl (C=O) groups excluding carboxylic acids is 1. The standard InChI is InChI=1S/C22H14ClF5N4O3/c1-31(34-2)21(33)17-18(16-12(23)6-5-8-14(16)25)30-35-19(17)11-10-29-32(20(11)22(26,27)28)15-9-4-3-7-13(15)24/h3-10H,1-2H3. The van der Waals surface area contributed by atoms with E-state index in [1.165, 1.54) is 31.3 Å². The Hall–Kier alpha value is -3.77. The maximum absolute atomic E-state index is 14.7. The summed E-state index contributed by atoms with van der Waals surface area (Å²) in [5.74, 6) is -3.57. The molecule has 0 aliphatic rings. The number of para-hydroxylation sites is 1. The van der Waals surface area contributed by atoms with E-state index in [2.05, 4.69) is 10.3 Å². The number of hydrogen-bond donors (Lipinski definition) is 0. The van der Waals surface area contributed by atoms with Crippen LogP contribution in [-0.2, 0) is 11.0 Å². The topological polar surface area (TPSA) is 73.4 Å². The summed E-state index contributed by atoms with van der Waals surface area (Å²) in [6.45, 7) is 0. The molecule has 4 rings (SSSR count). The molecule has 0 saturated carbocycles. The Morgan fingerprint density at radius 3 is 2.43 bits per heavy atom. The molecular formula is C22H14ClF5N4O3. The minimum atomic E-state index is -5.08. The van der Waals surface area contributed by atoms with Crippen LogP contribution in [0.25, 0.3) is 28.3 Å². The number of hydrogen-bond acceptors (Lipinski definition) is 5. The van der Waals surface area contributed by atoms with Crippen LogP contribution in [0.4, 0.5) is 22.0 Å². The maximum Gasteiger partial charge on any atom is 0.434 e. The van der Waals surface area contributed by atoms with Crippen molar-refractivity contribution in [1.82, 2.24) is 20.0 Å². The van der Waals surface area contributed by atoms with Crippen LogP contribution >= 0.6 is 11.6 Å². The van der Waals surface area contributed by atoms with E-state index in [0.717, 1.165) is 31.5 Å². The quantitative estimate of drug-likeness (QED) is 0.250. The van der Waals surface area contributed by atoms with Gasteiger partial charge in [-0.1, -0.05) is 35.0 Å². The maximum atomic E-state index is 14.7. The van der Waals surface area contributed by atoms with Gasteiger partial charge >= 0.3 is 6.18 Å². The predicted octanol–water partition coefficient (Wildman–Crippen LogP) is 5.78. The minimum Gasteiger partial charge on any atom is -0.355 e. The summed E-state index contributed by atoms with van der Waals surface area (Å²) in [4.78, 5) is 18.0. The highest BCUT2D eigenvalue weighted by molar-refractivity contribution is 6.33. The first-order valence-corrected chi connectivity index (χ1v) is 10.1. The van der Waals surface area contributed by atoms with Gasteiger partial charge in [0.15, 0.2) is 11.5 Å². The van der Waals surface area contributed by atoms with Gasteiger partial charge in [0.25, 0.3) is 5.91 Å². The summed E-state index contributed by atoms with van der Waals surface area (Å²) in [6.07, 6.45) is -4.34. The smallest absolute Gasteiger partial charge is 0.355 e. The Bertz CT molecular complexity index is 1400. The number of hydroxylamine groups is 2. The number of rotatable bonds is 5. The van der Waals surface area contributed by atoms with Gasteiger partial charge < -0.3 is 4.52 Å². The van der Waals surface area contributed by atoms with Crippen LogP contribution in [0.15, 0.2) is 53.2 Å². The van der Waals surface area contributed by atoms with E-state index in [0.29, 0.717) is 9.75 Å². The first kappa shape index (κ1) is 24.4. The molecule has 0 unspecified atom stereocenters. The summed E-state index contributed by atoms with van der Waals surface area (Å²) in [5, 5.41) is 7.86. The number of aromatic nitrogens is 3. The second-order valence-electron chi connectivity index (χ2n) is 7.08. The lowest BCUT2D eigenvalue weighted by Gasteiger charge is -2.15. The zero-order valence-electron chi connectivity index (χ0n) is 17.9. The Kier molecular flexibility index (Phi) is 6.34. The molecule has 0 aliphatic heterocycles. The van der Waals surface area contributed by atoms with Crippen molar-refractivity contribution in [3.63, 3.8) is 0 Å². The molecule has 0 atom stereocenters. The summed E-state index contributed by atoms with van der Waals surface area (Å²) in [7, 11) is 2.32. The lowest BCUT2D eigenvalue weighted by Crippen LogP contribution is -2.26. The molecule has 1 amide bonds. The highest BCUT2D eigenvalue weighted by Crippen LogP contribution is 2.43. The number of halogens is 6. The molecule has 13 heteroatoms. The molecule has 182 valence electrons. The number of nitrogens with zero attached hydrogens (tertiary/aromatic N) is 4. The van der Waals surface area contributed by atoms with Crippen molar-refractivity contribution < 1.29 is 36.1 Å². The average molecular weight is 513 g/mol. The molecule has 2 aromatic heterocycles. The number of benzene rings is 2. The Morgan fingerprint density at radius 1 is 1.11 bits per heavy atom. The molecule has 2 heterocycles. The van der Waals surface area contributed by atoms with Gasteiger partial charge in [0, 0.05) is 7.05 Å². The van der Waals surface area contributed by atoms with Crippen LogP contribution in [0.1, 0.15) is 16.1 Å². The summed E-state index contributed by atoms with van der Waals surface area (Å²) < 4.78 is 77.1. The third-order valence-corrected chi connectivity index (χ3v) is 5.34. The van der Waals surface area contributed by atoms with Crippen molar-refractivity contribution in [2.24, 2.45) is 0 Å². The minimum absolute atomic E-state index is 0.169. The molecule has 0 N–H and O–H groups in total. The summed E-state index contributed by atoms with van der Waals surface area (Å²) in [5.41, 5.74) is -4.07. The zero-order chi connectivity index (χ0) is 25.5. The van der Waals surface area contributed by atoms with E-state index in [1.807, 2.05) is 0 Å². The van der Waals surface area contributed by atoms with Crippen LogP contribution < -0.4 is 0 Å². The van der Waals surface area contributed by atoms with Gasteiger partial charge in [0.2, 0.25) is 0 Å². The molecular weight excluding hydrogens is 499 g/mol. The highest BCUT2D eigenvalue weighted by atomic mass is 35.5. The van der Waals surface area contributed by atoms with Crippen LogP contribution in [0.5, 0.6) is 0 Å². The zero-order valence-corrected chi connectivity index (χ0v) is 18.7. The van der Waals surface area contributed by atoms with E-state index >= 15 is 0 Å². The van der Waals surface area contributed by atoms with Crippen LogP contribution in [-0.4, -0.2) is 40.1 Å². The molecule has 0 radical (unpaired) electrons. The first-order chi connectivity index (χ1) is 16.6. The molecule has 0 saturated heterocycles. The van der Waals surface area contributed by atoms with Gasteiger partial charge in [-0.3, -0.25) is 9.63 Å². The van der Waals surface area contributed by atoms with Gasteiger partial charge in [0.1, 0.15) is 28.6 Å². The molecule has 2 aromatic carbocycles. The van der Waals surface area contributed by atoms with Crippen LogP contribution in [0, 0.1) is 11.6 Å². The van der Waals surface area contributed by atoms with Gasteiger partial charge in [-0.05, 0) is 24.3 Å². The number of amides is 1. The predicted molar refractivity (Wildman–Crippen MR) is 114 cm³/mol. The van der Waals surface area contributed by atoms with Crippen LogP contribution in [0.2, 0.25) is 5.02 Å². The van der Waals surface area contributed by atoms with Crippen molar-refractivity contribution in [2.75, 3.05) is 14.2 Å². The average Bonchev–Trinajstić information content (AvgIpc) is 3.43. The monoisotopic (exact) mass is 512 g/mol. The fraction of sp³-hybridized carbons (Fsp3) is 0.136.